The van der Waals surface area contributed by atoms with Gasteiger partial charge < -0.3 is 16.0 Å². The van der Waals surface area contributed by atoms with Gasteiger partial charge in [-0.05, 0) is 43.4 Å². The first-order valence-corrected chi connectivity index (χ1v) is 18.9. The Morgan fingerprint density at radius 1 is 0.413 bits per heavy atom. The van der Waals surface area contributed by atoms with Gasteiger partial charge in [0.25, 0.3) is 0 Å². The van der Waals surface area contributed by atoms with Crippen LogP contribution in [0.3, 0.4) is 0 Å². The summed E-state index contributed by atoms with van der Waals surface area (Å²) in [6.45, 7) is 8.68. The largest absolute Gasteiger partial charge is 0.326 e. The highest BCUT2D eigenvalue weighted by atomic mass is 16.2. The topological polar surface area (TPSA) is 104 Å². The highest BCUT2D eigenvalue weighted by Crippen LogP contribution is 2.32. The Morgan fingerprint density at radius 3 is 1.13 bits per heavy atom. The van der Waals surface area contributed by atoms with E-state index < -0.39 is 0 Å². The SMILES string of the molecule is CCCCCCCC(=O)Cc1cc(NC(=O)CCCCCCC)c(NC(=O)CCCCCCC)cc1NC(=O)CCCCCCC. The van der Waals surface area contributed by atoms with E-state index in [1.165, 1.54) is 12.8 Å². The molecule has 0 aliphatic carbocycles. The Balaban J connectivity index is 3.20. The molecular formula is C39H67N3O4. The van der Waals surface area contributed by atoms with Gasteiger partial charge >= 0.3 is 0 Å². The Bertz CT molecular complexity index is 853. The van der Waals surface area contributed by atoms with Crippen molar-refractivity contribution in [2.75, 3.05) is 16.0 Å². The third-order valence-electron chi connectivity index (χ3n) is 8.53. The summed E-state index contributed by atoms with van der Waals surface area (Å²) in [6, 6.07) is 3.53. The van der Waals surface area contributed by atoms with Crippen LogP contribution in [0.5, 0.6) is 0 Å². The number of unbranched alkanes of at least 4 members (excludes halogenated alkanes) is 16. The van der Waals surface area contributed by atoms with Crippen molar-refractivity contribution < 1.29 is 19.2 Å². The average molecular weight is 642 g/mol. The fraction of sp³-hybridized carbons (Fsp3) is 0.744. The van der Waals surface area contributed by atoms with E-state index in [2.05, 4.69) is 43.6 Å². The lowest BCUT2D eigenvalue weighted by atomic mass is 10.00. The highest BCUT2D eigenvalue weighted by Gasteiger charge is 2.18. The average Bonchev–Trinajstić information content (AvgIpc) is 3.02. The molecule has 1 aromatic rings. The smallest absolute Gasteiger partial charge is 0.224 e. The second-order valence-corrected chi connectivity index (χ2v) is 13.1. The van der Waals surface area contributed by atoms with Gasteiger partial charge in [-0.15, -0.1) is 0 Å². The van der Waals surface area contributed by atoms with Crippen LogP contribution in [0.4, 0.5) is 17.1 Å². The number of nitrogens with one attached hydrogen (secondary N) is 3. The summed E-state index contributed by atoms with van der Waals surface area (Å²) in [6.07, 6.45) is 22.9. The monoisotopic (exact) mass is 642 g/mol. The summed E-state index contributed by atoms with van der Waals surface area (Å²) in [5.41, 5.74) is 2.16. The maximum absolute atomic E-state index is 13.1. The van der Waals surface area contributed by atoms with Crippen LogP contribution in [-0.2, 0) is 25.6 Å². The molecule has 0 bridgehead atoms. The minimum Gasteiger partial charge on any atom is -0.326 e. The molecule has 0 saturated heterocycles. The van der Waals surface area contributed by atoms with Crippen molar-refractivity contribution in [2.24, 2.45) is 0 Å². The van der Waals surface area contributed by atoms with Crippen LogP contribution in [0.25, 0.3) is 0 Å². The molecule has 1 rings (SSSR count). The molecule has 262 valence electrons. The van der Waals surface area contributed by atoms with Crippen molar-refractivity contribution in [3.63, 3.8) is 0 Å². The molecule has 0 atom stereocenters. The van der Waals surface area contributed by atoms with E-state index in [9.17, 15) is 19.2 Å². The van der Waals surface area contributed by atoms with Gasteiger partial charge in [0, 0.05) is 37.8 Å². The molecule has 46 heavy (non-hydrogen) atoms. The van der Waals surface area contributed by atoms with E-state index in [4.69, 9.17) is 0 Å². The summed E-state index contributed by atoms with van der Waals surface area (Å²) >= 11 is 0. The van der Waals surface area contributed by atoms with Gasteiger partial charge in [0.05, 0.1) is 11.4 Å². The standard InChI is InChI=1S/C39H67N3O4/c1-5-9-13-17-21-25-33(43)29-32-30-35(41-38(45)27-23-19-15-11-7-3)36(42-39(46)28-24-20-16-12-8-4)31-34(32)40-37(44)26-22-18-14-10-6-2/h30-31H,5-29H2,1-4H3,(H,40,44)(H,41,45)(H,42,46). The number of rotatable bonds is 29. The van der Waals surface area contributed by atoms with E-state index >= 15 is 0 Å². The van der Waals surface area contributed by atoms with Gasteiger partial charge in [-0.3, -0.25) is 19.2 Å². The quantitative estimate of drug-likeness (QED) is 0.0757. The number of amides is 3. The third-order valence-corrected chi connectivity index (χ3v) is 8.53. The molecule has 0 spiro atoms. The Labute approximate surface area is 281 Å². The molecule has 0 unspecified atom stereocenters. The Kier molecular flexibility index (Phi) is 24.6. The summed E-state index contributed by atoms with van der Waals surface area (Å²) in [5, 5.41) is 9.09. The summed E-state index contributed by atoms with van der Waals surface area (Å²) in [4.78, 5) is 52.1. The molecule has 0 saturated carbocycles. The summed E-state index contributed by atoms with van der Waals surface area (Å²) in [5.74, 6) is -0.204. The zero-order chi connectivity index (χ0) is 33.8. The third kappa shape index (κ3) is 20.4. The maximum atomic E-state index is 13.1. The van der Waals surface area contributed by atoms with Crippen LogP contribution in [-0.4, -0.2) is 23.5 Å². The first-order valence-electron chi connectivity index (χ1n) is 18.9. The van der Waals surface area contributed by atoms with E-state index in [0.717, 1.165) is 116 Å². The molecule has 7 heteroatoms. The molecule has 3 amide bonds. The molecule has 1 aromatic carbocycles. The van der Waals surface area contributed by atoms with Crippen molar-refractivity contribution >= 4 is 40.6 Å². The van der Waals surface area contributed by atoms with E-state index in [-0.39, 0.29) is 29.9 Å². The molecule has 0 heterocycles. The lowest BCUT2D eigenvalue weighted by Gasteiger charge is -2.19. The lowest BCUT2D eigenvalue weighted by Crippen LogP contribution is -2.19. The molecule has 0 aromatic heterocycles. The van der Waals surface area contributed by atoms with Crippen molar-refractivity contribution in [1.29, 1.82) is 0 Å². The van der Waals surface area contributed by atoms with Gasteiger partial charge in [-0.2, -0.15) is 0 Å². The number of hydrogen-bond acceptors (Lipinski definition) is 4. The van der Waals surface area contributed by atoms with E-state index in [1.807, 2.05) is 0 Å². The van der Waals surface area contributed by atoms with Crippen LogP contribution >= 0.6 is 0 Å². The summed E-state index contributed by atoms with van der Waals surface area (Å²) in [7, 11) is 0. The van der Waals surface area contributed by atoms with Gasteiger partial charge in [0.2, 0.25) is 17.7 Å². The van der Waals surface area contributed by atoms with Crippen LogP contribution in [0.2, 0.25) is 0 Å². The van der Waals surface area contributed by atoms with Crippen molar-refractivity contribution in [1.82, 2.24) is 0 Å². The molecule has 7 nitrogen and oxygen atoms in total. The number of Topliss-reactive ketones (excluding diaryl/α,β-unsaturated/α-hetero) is 1. The van der Waals surface area contributed by atoms with Crippen molar-refractivity contribution in [3.05, 3.63) is 17.7 Å². The Morgan fingerprint density at radius 2 is 0.739 bits per heavy atom. The first-order chi connectivity index (χ1) is 22.3. The molecular weight excluding hydrogens is 574 g/mol. The Hall–Kier alpha value is -2.70. The van der Waals surface area contributed by atoms with Crippen LogP contribution in [0, 0.1) is 0 Å². The number of carbonyl (C=O) groups excluding carboxylic acids is 4. The molecule has 0 aliphatic rings. The molecule has 0 aliphatic heterocycles. The number of benzene rings is 1. The van der Waals surface area contributed by atoms with Gasteiger partial charge in [-0.25, -0.2) is 0 Å². The molecule has 0 fully saturated rings. The second kappa shape index (κ2) is 27.4. The fourth-order valence-electron chi connectivity index (χ4n) is 5.65. The van der Waals surface area contributed by atoms with Crippen LogP contribution in [0.15, 0.2) is 12.1 Å². The highest BCUT2D eigenvalue weighted by molar-refractivity contribution is 6.02. The van der Waals surface area contributed by atoms with Crippen molar-refractivity contribution in [3.8, 4) is 0 Å². The predicted octanol–water partition coefficient (Wildman–Crippen LogP) is 11.1. The maximum Gasteiger partial charge on any atom is 0.224 e. The number of carbonyl (C=O) groups is 4. The second-order valence-electron chi connectivity index (χ2n) is 13.1. The van der Waals surface area contributed by atoms with Gasteiger partial charge in [0.1, 0.15) is 5.78 Å². The number of hydrogen-bond donors (Lipinski definition) is 3. The van der Waals surface area contributed by atoms with E-state index in [1.54, 1.807) is 12.1 Å². The zero-order valence-corrected chi connectivity index (χ0v) is 30.0. The normalized spacial score (nSPS) is 11.0. The summed E-state index contributed by atoms with van der Waals surface area (Å²) < 4.78 is 0. The first kappa shape index (κ1) is 41.3. The zero-order valence-electron chi connectivity index (χ0n) is 30.0. The predicted molar refractivity (Wildman–Crippen MR) is 195 cm³/mol. The van der Waals surface area contributed by atoms with Crippen molar-refractivity contribution in [2.45, 2.75) is 188 Å². The fourth-order valence-corrected chi connectivity index (χ4v) is 5.65. The van der Waals surface area contributed by atoms with Crippen LogP contribution in [0.1, 0.15) is 187 Å². The minimum absolute atomic E-state index is 0.0955. The number of anilines is 3. The number of ketones is 1. The van der Waals surface area contributed by atoms with E-state index in [0.29, 0.717) is 48.3 Å². The molecule has 3 N–H and O–H groups in total. The molecule has 0 radical (unpaired) electrons. The van der Waals surface area contributed by atoms with Gasteiger partial charge in [0.15, 0.2) is 0 Å². The van der Waals surface area contributed by atoms with Crippen LogP contribution < -0.4 is 16.0 Å². The minimum atomic E-state index is -0.115. The van der Waals surface area contributed by atoms with Gasteiger partial charge in [-0.1, -0.05) is 130 Å². The lowest BCUT2D eigenvalue weighted by molar-refractivity contribution is -0.119.